The van der Waals surface area contributed by atoms with Crippen LogP contribution in [0, 0.1) is 5.82 Å². The second kappa shape index (κ2) is 9.38. The maximum absolute atomic E-state index is 13.8. The Balaban J connectivity index is 1.24. The highest BCUT2D eigenvalue weighted by Gasteiger charge is 2.38. The largest absolute Gasteiger partial charge is 0.352 e. The van der Waals surface area contributed by atoms with Crippen molar-refractivity contribution in [3.05, 3.63) is 47.1 Å². The van der Waals surface area contributed by atoms with Crippen molar-refractivity contribution in [3.63, 3.8) is 0 Å². The molecule has 1 unspecified atom stereocenters. The molecule has 3 aliphatic rings. The summed E-state index contributed by atoms with van der Waals surface area (Å²) in [5.41, 5.74) is 1.16. The summed E-state index contributed by atoms with van der Waals surface area (Å²) in [5, 5.41) is 7.27. The number of carbonyl (C=O) groups excluding carboxylic acids is 1. The summed E-state index contributed by atoms with van der Waals surface area (Å²) in [7, 11) is -3.12. The van der Waals surface area contributed by atoms with Crippen molar-refractivity contribution >= 4 is 15.7 Å². The predicted octanol–water partition coefficient (Wildman–Crippen LogP) is 2.12. The molecule has 2 N–H and O–H groups in total. The van der Waals surface area contributed by atoms with Crippen molar-refractivity contribution in [1.82, 2.24) is 15.5 Å². The number of amides is 1. The molecule has 2 heterocycles. The molecule has 0 aromatic heterocycles. The molecule has 8 heteroatoms. The third-order valence-corrected chi connectivity index (χ3v) is 8.33. The van der Waals surface area contributed by atoms with Crippen LogP contribution in [-0.2, 0) is 20.0 Å². The zero-order valence-corrected chi connectivity index (χ0v) is 18.7. The first kappa shape index (κ1) is 22.4. The average Bonchev–Trinajstić information content (AvgIpc) is 3.35. The summed E-state index contributed by atoms with van der Waals surface area (Å²) >= 11 is 0. The molecular weight excluding hydrogens is 417 g/mol. The van der Waals surface area contributed by atoms with Gasteiger partial charge in [-0.3, -0.25) is 4.79 Å². The van der Waals surface area contributed by atoms with Gasteiger partial charge < -0.3 is 15.5 Å². The van der Waals surface area contributed by atoms with Crippen molar-refractivity contribution in [2.24, 2.45) is 0 Å². The number of hydrogen-bond acceptors (Lipinski definition) is 5. The fraction of sp³-hybridized carbons (Fsp3) is 0.609. The van der Waals surface area contributed by atoms with Crippen LogP contribution in [0.4, 0.5) is 4.39 Å². The maximum Gasteiger partial charge on any atom is 0.234 e. The van der Waals surface area contributed by atoms with Crippen molar-refractivity contribution < 1.29 is 17.6 Å². The Labute approximate surface area is 184 Å². The van der Waals surface area contributed by atoms with Crippen LogP contribution in [0.3, 0.4) is 0 Å². The van der Waals surface area contributed by atoms with Gasteiger partial charge in [-0.2, -0.15) is 0 Å². The van der Waals surface area contributed by atoms with Crippen molar-refractivity contribution in [2.45, 2.75) is 56.0 Å². The first-order valence-electron chi connectivity index (χ1n) is 11.3. The summed E-state index contributed by atoms with van der Waals surface area (Å²) in [4.78, 5) is 14.7. The fourth-order valence-corrected chi connectivity index (χ4v) is 6.55. The van der Waals surface area contributed by atoms with Gasteiger partial charge in [0, 0.05) is 42.5 Å². The highest BCUT2D eigenvalue weighted by molar-refractivity contribution is 7.94. The third kappa shape index (κ3) is 5.73. The first-order valence-corrected chi connectivity index (χ1v) is 13.0. The van der Waals surface area contributed by atoms with Crippen LogP contribution < -0.4 is 10.6 Å². The molecular formula is C23H32FN3O3S. The van der Waals surface area contributed by atoms with Gasteiger partial charge in [-0.1, -0.05) is 31.1 Å². The molecule has 0 bridgehead atoms. The monoisotopic (exact) mass is 449 g/mol. The zero-order valence-electron chi connectivity index (χ0n) is 17.9. The quantitative estimate of drug-likeness (QED) is 0.667. The summed E-state index contributed by atoms with van der Waals surface area (Å²) < 4.78 is 36.7. The number of nitrogens with zero attached hydrogens (tertiary/aromatic N) is 1. The van der Waals surface area contributed by atoms with E-state index in [-0.39, 0.29) is 41.5 Å². The second-order valence-electron chi connectivity index (χ2n) is 9.26. The number of halogens is 1. The zero-order chi connectivity index (χ0) is 21.9. The van der Waals surface area contributed by atoms with Crippen molar-refractivity contribution in [2.75, 3.05) is 31.9 Å². The lowest BCUT2D eigenvalue weighted by molar-refractivity contribution is -0.121. The topological polar surface area (TPSA) is 78.5 Å². The van der Waals surface area contributed by atoms with Crippen LogP contribution in [0.2, 0.25) is 0 Å². The minimum Gasteiger partial charge on any atom is -0.352 e. The molecule has 1 aromatic rings. The predicted molar refractivity (Wildman–Crippen MR) is 119 cm³/mol. The van der Waals surface area contributed by atoms with E-state index in [1.54, 1.807) is 12.1 Å². The fourth-order valence-electron chi connectivity index (χ4n) is 5.28. The van der Waals surface area contributed by atoms with Gasteiger partial charge in [0.05, 0.1) is 12.3 Å². The molecule has 1 aliphatic carbocycles. The third-order valence-electron chi connectivity index (χ3n) is 6.93. The van der Waals surface area contributed by atoms with E-state index in [0.29, 0.717) is 0 Å². The van der Waals surface area contributed by atoms with Crippen LogP contribution in [0.5, 0.6) is 0 Å². The van der Waals surface area contributed by atoms with Crippen LogP contribution in [0.25, 0.3) is 0 Å². The molecule has 1 saturated heterocycles. The van der Waals surface area contributed by atoms with Gasteiger partial charge in [-0.05, 0) is 43.4 Å². The number of rotatable bonds is 7. The molecule has 1 atom stereocenters. The van der Waals surface area contributed by atoms with E-state index < -0.39 is 9.84 Å². The Hall–Kier alpha value is -1.77. The maximum atomic E-state index is 13.8. The average molecular weight is 450 g/mol. The van der Waals surface area contributed by atoms with Gasteiger partial charge in [0.25, 0.3) is 0 Å². The van der Waals surface area contributed by atoms with E-state index in [1.165, 1.54) is 24.3 Å². The number of piperidine rings is 1. The second-order valence-corrected chi connectivity index (χ2v) is 11.2. The minimum atomic E-state index is -3.12. The normalized spacial score (nSPS) is 25.6. The molecule has 1 aromatic carbocycles. The molecule has 4 rings (SSSR count). The van der Waals surface area contributed by atoms with Gasteiger partial charge in [0.1, 0.15) is 5.82 Å². The smallest absolute Gasteiger partial charge is 0.234 e. The van der Waals surface area contributed by atoms with E-state index in [4.69, 9.17) is 0 Å². The SMILES string of the molecule is O=C(CNC1C=CS(=O)(=O)C1)NC1CCN(CC2(c3cccc(F)c3)CCCC2)CC1. The summed E-state index contributed by atoms with van der Waals surface area (Å²) in [6.45, 7) is 2.90. The molecule has 0 spiro atoms. The van der Waals surface area contributed by atoms with E-state index >= 15 is 0 Å². The highest BCUT2D eigenvalue weighted by atomic mass is 32.2. The number of nitrogens with one attached hydrogen (secondary N) is 2. The van der Waals surface area contributed by atoms with E-state index in [0.717, 1.165) is 50.9 Å². The number of likely N-dealkylation sites (tertiary alicyclic amines) is 1. The molecule has 2 fully saturated rings. The number of benzene rings is 1. The lowest BCUT2D eigenvalue weighted by Crippen LogP contribution is -2.50. The van der Waals surface area contributed by atoms with Gasteiger partial charge >= 0.3 is 0 Å². The molecule has 2 aliphatic heterocycles. The van der Waals surface area contributed by atoms with Crippen LogP contribution in [-0.4, -0.2) is 63.2 Å². The van der Waals surface area contributed by atoms with Crippen LogP contribution >= 0.6 is 0 Å². The molecule has 1 saturated carbocycles. The molecule has 170 valence electrons. The lowest BCUT2D eigenvalue weighted by atomic mass is 9.78. The lowest BCUT2D eigenvalue weighted by Gasteiger charge is -2.39. The highest BCUT2D eigenvalue weighted by Crippen LogP contribution is 2.42. The van der Waals surface area contributed by atoms with E-state index in [9.17, 15) is 17.6 Å². The van der Waals surface area contributed by atoms with Crippen LogP contribution in [0.15, 0.2) is 35.7 Å². The Morgan fingerprint density at radius 3 is 2.58 bits per heavy atom. The Bertz CT molecular complexity index is 920. The van der Waals surface area contributed by atoms with Gasteiger partial charge in [-0.25, -0.2) is 12.8 Å². The molecule has 31 heavy (non-hydrogen) atoms. The summed E-state index contributed by atoms with van der Waals surface area (Å²) in [6, 6.07) is 6.95. The van der Waals surface area contributed by atoms with Gasteiger partial charge in [0.2, 0.25) is 5.91 Å². The molecule has 6 nitrogen and oxygen atoms in total. The number of hydrogen-bond donors (Lipinski definition) is 2. The van der Waals surface area contributed by atoms with E-state index in [2.05, 4.69) is 21.6 Å². The minimum absolute atomic E-state index is 0.0196. The number of sulfone groups is 1. The van der Waals surface area contributed by atoms with Crippen molar-refractivity contribution in [1.29, 1.82) is 0 Å². The van der Waals surface area contributed by atoms with E-state index in [1.807, 2.05) is 6.07 Å². The molecule has 0 radical (unpaired) electrons. The Morgan fingerprint density at radius 2 is 1.94 bits per heavy atom. The van der Waals surface area contributed by atoms with Crippen LogP contribution in [0.1, 0.15) is 44.1 Å². The van der Waals surface area contributed by atoms with Crippen molar-refractivity contribution in [3.8, 4) is 0 Å². The Morgan fingerprint density at radius 1 is 1.19 bits per heavy atom. The standard InChI is InChI=1S/C23H32FN3O3S/c24-19-5-3-4-18(14-19)23(9-1-2-10-23)17-27-11-6-20(7-12-27)26-22(28)15-25-21-8-13-31(29,30)16-21/h3-5,8,13-14,20-21,25H,1-2,6-7,9-12,15-17H2,(H,26,28). The number of carbonyl (C=O) groups is 1. The summed E-state index contributed by atoms with van der Waals surface area (Å²) in [5.74, 6) is -0.237. The first-order chi connectivity index (χ1) is 14.8. The molecule has 1 amide bonds. The van der Waals surface area contributed by atoms with Gasteiger partial charge in [0.15, 0.2) is 9.84 Å². The van der Waals surface area contributed by atoms with Gasteiger partial charge in [-0.15, -0.1) is 0 Å². The summed E-state index contributed by atoms with van der Waals surface area (Å²) in [6.07, 6.45) is 7.96. The Kier molecular flexibility index (Phi) is 6.79.